The van der Waals surface area contributed by atoms with Gasteiger partial charge >= 0.3 is 7.12 Å². The van der Waals surface area contributed by atoms with Gasteiger partial charge in [0.15, 0.2) is 0 Å². The first-order valence-electron chi connectivity index (χ1n) is 22.2. The molecule has 1 aliphatic heterocycles. The molecule has 0 atom stereocenters. The monoisotopic (exact) mass is 1040 g/mol. The number of hydrogen-bond donors (Lipinski definition) is 2. The van der Waals surface area contributed by atoms with E-state index in [1.54, 1.807) is 0 Å². The maximum Gasteiger partial charge on any atom is 0.494 e. The van der Waals surface area contributed by atoms with Crippen molar-refractivity contribution >= 4 is 79.3 Å². The van der Waals surface area contributed by atoms with E-state index in [9.17, 15) is 5.26 Å². The van der Waals surface area contributed by atoms with Crippen LogP contribution in [0.4, 0.5) is 11.4 Å². The number of anilines is 2. The van der Waals surface area contributed by atoms with Gasteiger partial charge < -0.3 is 34.5 Å². The van der Waals surface area contributed by atoms with Crippen molar-refractivity contribution in [1.29, 1.82) is 15.8 Å². The van der Waals surface area contributed by atoms with Gasteiger partial charge in [-0.05, 0) is 162 Å². The van der Waals surface area contributed by atoms with Gasteiger partial charge in [0.25, 0.3) is 0 Å². The van der Waals surface area contributed by atoms with E-state index in [4.69, 9.17) is 31.3 Å². The molecule has 3 aromatic heterocycles. The summed E-state index contributed by atoms with van der Waals surface area (Å²) in [6.07, 6.45) is 1.92. The van der Waals surface area contributed by atoms with E-state index in [1.165, 1.54) is 22.2 Å². The summed E-state index contributed by atoms with van der Waals surface area (Å²) < 4.78 is 19.4. The highest BCUT2D eigenvalue weighted by Crippen LogP contribution is 2.37. The number of nitrogen functional groups attached to an aromatic ring is 2. The predicted octanol–water partition coefficient (Wildman–Crippen LogP) is 13.9. The molecular weight excluding hydrogens is 966 g/mol. The van der Waals surface area contributed by atoms with Crippen molar-refractivity contribution in [3.05, 3.63) is 146 Å². The molecule has 1 fully saturated rings. The lowest BCUT2D eigenvalue weighted by atomic mass is 9.79. The van der Waals surface area contributed by atoms with Crippen LogP contribution >= 0.6 is 22.6 Å². The molecule has 5 aromatic carbocycles. The minimum atomic E-state index is -0.300. The van der Waals surface area contributed by atoms with Crippen molar-refractivity contribution < 1.29 is 9.31 Å². The van der Waals surface area contributed by atoms with Gasteiger partial charge in [0.05, 0.1) is 48.3 Å². The molecule has 1 aliphatic rings. The summed E-state index contributed by atoms with van der Waals surface area (Å²) in [5.41, 5.74) is 24.7. The molecule has 0 radical (unpaired) electrons. The maximum atomic E-state index is 9.62. The van der Waals surface area contributed by atoms with Crippen LogP contribution < -0.4 is 16.9 Å². The molecular formula is C57H70BIN8O2. The standard InChI is InChI=1S/C18H17N3.C12H18BNO2.C12H11IN2.C12H12N2.3CH4/c1-3-21-17-10-12(2)4-9-15(17)16(11-19)18(21)13-5-7-14(20)8-6-13;1-11(2)12(3,4)16-13(15-11)9-5-7-10(14)8-6-9;1-3-15-11-6-8(2)4-5-9(11)10(7-14)12(15)13;1-3-14-8-10(7-13)11-5-4-9(2)6-12(11)14;;;/h4-10H,3,20H2,1-2H3;5-8H,14H2,1-4H3;4-6H,3H2,1-2H3;4-6,8H,3H2,1-2H3;3*1H4. The molecule has 0 unspecified atom stereocenters. The van der Waals surface area contributed by atoms with Crippen molar-refractivity contribution in [2.45, 2.75) is 122 Å². The van der Waals surface area contributed by atoms with Gasteiger partial charge in [0, 0.05) is 58.9 Å². The molecule has 0 amide bonds. The normalized spacial score (nSPS) is 12.8. The molecule has 8 aromatic rings. The fourth-order valence-electron chi connectivity index (χ4n) is 8.07. The van der Waals surface area contributed by atoms with E-state index in [0.29, 0.717) is 0 Å². The number of benzene rings is 5. The number of aromatic nitrogens is 3. The third kappa shape index (κ3) is 11.9. The summed E-state index contributed by atoms with van der Waals surface area (Å²) in [5.74, 6) is 0. The average molecular weight is 1040 g/mol. The molecule has 4 N–H and O–H groups in total. The van der Waals surface area contributed by atoms with E-state index in [-0.39, 0.29) is 40.6 Å². The fourth-order valence-corrected chi connectivity index (χ4v) is 9.08. The van der Waals surface area contributed by atoms with Crippen LogP contribution in [0.3, 0.4) is 0 Å². The Hall–Kier alpha value is -6.50. The topological polar surface area (TPSA) is 157 Å². The highest BCUT2D eigenvalue weighted by Gasteiger charge is 2.51. The van der Waals surface area contributed by atoms with Crippen molar-refractivity contribution in [3.8, 4) is 29.5 Å². The smallest absolute Gasteiger partial charge is 0.399 e. The number of hydrogen-bond acceptors (Lipinski definition) is 7. The van der Waals surface area contributed by atoms with Crippen molar-refractivity contribution in [2.24, 2.45) is 0 Å². The third-order valence-electron chi connectivity index (χ3n) is 12.4. The summed E-state index contributed by atoms with van der Waals surface area (Å²) in [4.78, 5) is 0. The summed E-state index contributed by atoms with van der Waals surface area (Å²) in [7, 11) is -0.300. The second-order valence-electron chi connectivity index (χ2n) is 17.5. The Morgan fingerprint density at radius 1 is 0.565 bits per heavy atom. The van der Waals surface area contributed by atoms with E-state index < -0.39 is 0 Å². The fraction of sp³-hybridized carbons (Fsp3) is 0.316. The van der Waals surface area contributed by atoms with Crippen molar-refractivity contribution in [2.75, 3.05) is 11.5 Å². The zero-order chi connectivity index (χ0) is 48.1. The van der Waals surface area contributed by atoms with Crippen LogP contribution in [-0.2, 0) is 28.9 Å². The number of aryl methyl sites for hydroxylation is 6. The van der Waals surface area contributed by atoms with Crippen LogP contribution in [0, 0.1) is 58.5 Å². The van der Waals surface area contributed by atoms with E-state index in [2.05, 4.69) is 126 Å². The van der Waals surface area contributed by atoms with Gasteiger partial charge in [-0.3, -0.25) is 0 Å². The number of rotatable bonds is 5. The number of fused-ring (bicyclic) bond motifs is 3. The lowest BCUT2D eigenvalue weighted by Gasteiger charge is -2.32. The van der Waals surface area contributed by atoms with Gasteiger partial charge in [-0.1, -0.05) is 82.9 Å². The van der Waals surface area contributed by atoms with Gasteiger partial charge in [0.2, 0.25) is 0 Å². The van der Waals surface area contributed by atoms with Gasteiger partial charge in [-0.25, -0.2) is 0 Å². The summed E-state index contributed by atoms with van der Waals surface area (Å²) in [6.45, 7) is 23.3. The molecule has 360 valence electrons. The molecule has 12 heteroatoms. The molecule has 0 saturated carbocycles. The number of halogens is 1. The third-order valence-corrected chi connectivity index (χ3v) is 13.5. The summed E-state index contributed by atoms with van der Waals surface area (Å²) in [5, 5.41) is 30.8. The Kier molecular flexibility index (Phi) is 19.5. The zero-order valence-electron chi connectivity index (χ0n) is 39.6. The second-order valence-corrected chi connectivity index (χ2v) is 18.5. The molecule has 9 rings (SSSR count). The van der Waals surface area contributed by atoms with E-state index >= 15 is 0 Å². The predicted molar refractivity (Wildman–Crippen MR) is 301 cm³/mol. The highest BCUT2D eigenvalue weighted by molar-refractivity contribution is 14.1. The van der Waals surface area contributed by atoms with Gasteiger partial charge in [0.1, 0.15) is 18.2 Å². The first-order chi connectivity index (χ1) is 31.4. The Morgan fingerprint density at radius 3 is 1.45 bits per heavy atom. The molecule has 0 bridgehead atoms. The minimum Gasteiger partial charge on any atom is -0.399 e. The average Bonchev–Trinajstić information content (AvgIpc) is 3.97. The van der Waals surface area contributed by atoms with Crippen LogP contribution in [0.25, 0.3) is 44.0 Å². The van der Waals surface area contributed by atoms with Crippen LogP contribution in [0.2, 0.25) is 0 Å². The number of nitrogens with zero attached hydrogens (tertiary/aromatic N) is 6. The summed E-state index contributed by atoms with van der Waals surface area (Å²) in [6, 6.07) is 40.8. The number of nitriles is 3. The van der Waals surface area contributed by atoms with Gasteiger partial charge in [-0.15, -0.1) is 0 Å². The number of nitrogens with two attached hydrogens (primary N) is 2. The van der Waals surface area contributed by atoms with E-state index in [1.807, 2.05) is 107 Å². The Balaban J connectivity index is 0.000000243. The molecule has 1 saturated heterocycles. The molecule has 0 spiro atoms. The Bertz CT molecular complexity index is 3140. The van der Waals surface area contributed by atoms with Crippen LogP contribution in [0.15, 0.2) is 109 Å². The molecule has 69 heavy (non-hydrogen) atoms. The second kappa shape index (κ2) is 23.7. The maximum absolute atomic E-state index is 9.62. The summed E-state index contributed by atoms with van der Waals surface area (Å²) >= 11 is 2.25. The minimum absolute atomic E-state index is 0. The SMILES string of the molecule is C.C.C.CC1(C)OB(c2ccc(N)cc2)OC1(C)C.CCn1c(-c2ccc(N)cc2)c(C#N)c2ccc(C)cc21.CCn1c(I)c(C#N)c2ccc(C)cc21.CCn1cc(C#N)c2ccc(C)cc21. The lowest BCUT2D eigenvalue weighted by molar-refractivity contribution is 0.00578. The Labute approximate surface area is 425 Å². The molecule has 0 aliphatic carbocycles. The van der Waals surface area contributed by atoms with Crippen molar-refractivity contribution in [1.82, 2.24) is 13.7 Å². The Morgan fingerprint density at radius 2 is 1.00 bits per heavy atom. The van der Waals surface area contributed by atoms with Crippen LogP contribution in [0.5, 0.6) is 0 Å². The van der Waals surface area contributed by atoms with Crippen LogP contribution in [0.1, 0.15) is 104 Å². The van der Waals surface area contributed by atoms with E-state index in [0.717, 1.165) is 95.3 Å². The molecule has 10 nitrogen and oxygen atoms in total. The lowest BCUT2D eigenvalue weighted by Crippen LogP contribution is -2.41. The highest BCUT2D eigenvalue weighted by atomic mass is 127. The van der Waals surface area contributed by atoms with Crippen LogP contribution in [-0.4, -0.2) is 32.0 Å². The first kappa shape index (κ1) is 56.8. The zero-order valence-corrected chi connectivity index (χ0v) is 41.8. The van der Waals surface area contributed by atoms with Gasteiger partial charge in [-0.2, -0.15) is 15.8 Å². The van der Waals surface area contributed by atoms with Crippen molar-refractivity contribution in [3.63, 3.8) is 0 Å². The first-order valence-corrected chi connectivity index (χ1v) is 23.3. The molecule has 4 heterocycles. The quantitative estimate of drug-likeness (QED) is 0.0987. The largest absolute Gasteiger partial charge is 0.494 e.